The first-order valence-corrected chi connectivity index (χ1v) is 2.83. The van der Waals surface area contributed by atoms with Crippen molar-refractivity contribution in [3.05, 3.63) is 0 Å². The second kappa shape index (κ2) is 9.19. The van der Waals surface area contributed by atoms with E-state index in [1.165, 1.54) is 7.11 Å². The van der Waals surface area contributed by atoms with Crippen LogP contribution in [0.5, 0.6) is 0 Å². The predicted octanol–water partition coefficient (Wildman–Crippen LogP) is 0.686. The summed E-state index contributed by atoms with van der Waals surface area (Å²) in [7, 11) is 1.25. The van der Waals surface area contributed by atoms with Gasteiger partial charge in [-0.15, -0.1) is 0 Å². The molecule has 0 amide bonds. The lowest BCUT2D eigenvalue weighted by Gasteiger charge is -2.00. The largest absolute Gasteiger partial charge is 0.507 e. The molecule has 11 heavy (non-hydrogen) atoms. The Labute approximate surface area is 66.4 Å². The van der Waals surface area contributed by atoms with Gasteiger partial charge < -0.3 is 14.3 Å². The second-order valence-corrected chi connectivity index (χ2v) is 1.53. The third-order valence-electron chi connectivity index (χ3n) is 0.793. The highest BCUT2D eigenvalue weighted by molar-refractivity contribution is 5.59. The third-order valence-corrected chi connectivity index (χ3v) is 0.793. The van der Waals surface area contributed by atoms with Crippen LogP contribution in [-0.4, -0.2) is 26.5 Å². The summed E-state index contributed by atoms with van der Waals surface area (Å²) in [6.07, 6.45) is -0.108. The monoisotopic (exact) mass is 165 g/mol. The molecule has 0 aliphatic heterocycles. The van der Waals surface area contributed by atoms with Crippen LogP contribution in [0.1, 0.15) is 13.8 Å². The molecule has 0 aromatic heterocycles. The summed E-state index contributed by atoms with van der Waals surface area (Å²) >= 11 is 0. The SMILES string of the molecule is C.COC(=O)OCCCON. The summed E-state index contributed by atoms with van der Waals surface area (Å²) in [4.78, 5) is 14.5. The van der Waals surface area contributed by atoms with Crippen molar-refractivity contribution in [1.29, 1.82) is 0 Å². The first-order chi connectivity index (χ1) is 4.81. The van der Waals surface area contributed by atoms with Crippen LogP contribution in [0.25, 0.3) is 0 Å². The average Bonchev–Trinajstić information content (AvgIpc) is 1.98. The Bertz CT molecular complexity index is 96.6. The molecule has 0 fully saturated rings. The van der Waals surface area contributed by atoms with Gasteiger partial charge in [0.25, 0.3) is 0 Å². The fourth-order valence-corrected chi connectivity index (χ4v) is 0.357. The Kier molecular flexibility index (Phi) is 10.7. The molecule has 0 radical (unpaired) electrons. The number of ether oxygens (including phenoxy) is 2. The van der Waals surface area contributed by atoms with Gasteiger partial charge in [0, 0.05) is 6.42 Å². The molecule has 0 rings (SSSR count). The topological polar surface area (TPSA) is 70.8 Å². The van der Waals surface area contributed by atoms with Gasteiger partial charge in [-0.2, -0.15) is 0 Å². The normalized spacial score (nSPS) is 8.18. The van der Waals surface area contributed by atoms with E-state index in [2.05, 4.69) is 14.3 Å². The summed E-state index contributed by atoms with van der Waals surface area (Å²) in [6.45, 7) is 0.640. The molecule has 5 nitrogen and oxygen atoms in total. The first-order valence-electron chi connectivity index (χ1n) is 2.83. The number of carbonyl (C=O) groups excluding carboxylic acids is 1. The Morgan fingerprint density at radius 1 is 1.45 bits per heavy atom. The van der Waals surface area contributed by atoms with E-state index < -0.39 is 6.16 Å². The minimum Gasteiger partial charge on any atom is -0.438 e. The molecule has 5 heteroatoms. The predicted molar refractivity (Wildman–Crippen MR) is 39.8 cm³/mol. The van der Waals surface area contributed by atoms with E-state index in [1.54, 1.807) is 0 Å². The van der Waals surface area contributed by atoms with E-state index in [9.17, 15) is 4.79 Å². The summed E-state index contributed by atoms with van der Waals surface area (Å²) in [5.41, 5.74) is 0. The van der Waals surface area contributed by atoms with Gasteiger partial charge >= 0.3 is 6.16 Å². The van der Waals surface area contributed by atoms with Crippen molar-refractivity contribution in [2.75, 3.05) is 20.3 Å². The van der Waals surface area contributed by atoms with Crippen molar-refractivity contribution in [3.8, 4) is 0 Å². The van der Waals surface area contributed by atoms with Crippen molar-refractivity contribution in [2.45, 2.75) is 13.8 Å². The number of hydrogen-bond donors (Lipinski definition) is 1. The van der Waals surface area contributed by atoms with Crippen molar-refractivity contribution >= 4 is 6.16 Å². The van der Waals surface area contributed by atoms with Crippen LogP contribution >= 0.6 is 0 Å². The second-order valence-electron chi connectivity index (χ2n) is 1.53. The Balaban J connectivity index is 0. The fourth-order valence-electron chi connectivity index (χ4n) is 0.357. The van der Waals surface area contributed by atoms with Gasteiger partial charge in [-0.1, -0.05) is 7.43 Å². The van der Waals surface area contributed by atoms with E-state index >= 15 is 0 Å². The van der Waals surface area contributed by atoms with E-state index in [0.29, 0.717) is 13.0 Å². The van der Waals surface area contributed by atoms with Crippen LogP contribution in [-0.2, 0) is 14.3 Å². The van der Waals surface area contributed by atoms with E-state index in [1.807, 2.05) is 0 Å². The number of hydrogen-bond acceptors (Lipinski definition) is 5. The third kappa shape index (κ3) is 9.19. The van der Waals surface area contributed by atoms with Crippen LogP contribution < -0.4 is 5.90 Å². The maximum Gasteiger partial charge on any atom is 0.507 e. The minimum absolute atomic E-state index is 0. The minimum atomic E-state index is -0.683. The van der Waals surface area contributed by atoms with E-state index in [4.69, 9.17) is 5.90 Å². The average molecular weight is 165 g/mol. The molecule has 0 bridgehead atoms. The van der Waals surface area contributed by atoms with Gasteiger partial charge in [0.05, 0.1) is 20.3 Å². The lowest BCUT2D eigenvalue weighted by Crippen LogP contribution is -2.09. The number of nitrogens with two attached hydrogens (primary N) is 1. The van der Waals surface area contributed by atoms with Gasteiger partial charge in [-0.25, -0.2) is 10.7 Å². The molecule has 2 N–H and O–H groups in total. The Morgan fingerprint density at radius 2 is 2.09 bits per heavy atom. The zero-order valence-electron chi connectivity index (χ0n) is 5.83. The Morgan fingerprint density at radius 3 is 2.55 bits per heavy atom. The lowest BCUT2D eigenvalue weighted by molar-refractivity contribution is 0.0590. The van der Waals surface area contributed by atoms with Gasteiger partial charge in [0.1, 0.15) is 0 Å². The van der Waals surface area contributed by atoms with Crippen LogP contribution in [0, 0.1) is 0 Å². The Hall–Kier alpha value is -0.810. The molecule has 0 spiro atoms. The van der Waals surface area contributed by atoms with Crippen LogP contribution in [0.4, 0.5) is 4.79 Å². The molecule has 0 heterocycles. The molecular weight excluding hydrogens is 150 g/mol. The molecule has 68 valence electrons. The highest BCUT2D eigenvalue weighted by Gasteiger charge is 1.97. The van der Waals surface area contributed by atoms with Gasteiger partial charge in [0.15, 0.2) is 0 Å². The number of methoxy groups -OCH3 is 1. The fraction of sp³-hybridized carbons (Fsp3) is 0.833. The molecule has 0 saturated heterocycles. The zero-order valence-corrected chi connectivity index (χ0v) is 5.83. The van der Waals surface area contributed by atoms with Crippen molar-refractivity contribution in [2.24, 2.45) is 5.90 Å². The lowest BCUT2D eigenvalue weighted by atomic mass is 10.5. The van der Waals surface area contributed by atoms with Crippen molar-refractivity contribution in [3.63, 3.8) is 0 Å². The highest BCUT2D eigenvalue weighted by atomic mass is 16.7. The van der Waals surface area contributed by atoms with Gasteiger partial charge in [-0.05, 0) is 0 Å². The maximum absolute atomic E-state index is 10.3. The van der Waals surface area contributed by atoms with Gasteiger partial charge in [0.2, 0.25) is 0 Å². The zero-order chi connectivity index (χ0) is 7.82. The molecule has 0 atom stereocenters. The van der Waals surface area contributed by atoms with Crippen molar-refractivity contribution in [1.82, 2.24) is 0 Å². The molecule has 0 aromatic rings. The van der Waals surface area contributed by atoms with Crippen LogP contribution in [0.2, 0.25) is 0 Å². The van der Waals surface area contributed by atoms with E-state index in [-0.39, 0.29) is 14.0 Å². The summed E-state index contributed by atoms with van der Waals surface area (Å²) in [6, 6.07) is 0. The molecule has 0 aliphatic rings. The standard InChI is InChI=1S/C5H11NO4.CH4/c1-8-5(7)9-3-2-4-10-6;/h2-4,6H2,1H3;1H4. The smallest absolute Gasteiger partial charge is 0.438 e. The van der Waals surface area contributed by atoms with E-state index in [0.717, 1.165) is 0 Å². The quantitative estimate of drug-likeness (QED) is 0.377. The summed E-state index contributed by atoms with van der Waals surface area (Å²) in [5, 5.41) is 0. The molecular formula is C6H15NO4. The van der Waals surface area contributed by atoms with Crippen LogP contribution in [0.15, 0.2) is 0 Å². The van der Waals surface area contributed by atoms with Crippen molar-refractivity contribution < 1.29 is 19.1 Å². The summed E-state index contributed by atoms with van der Waals surface area (Å²) < 4.78 is 8.69. The number of carbonyl (C=O) groups is 1. The van der Waals surface area contributed by atoms with Gasteiger partial charge in [-0.3, -0.25) is 0 Å². The molecule has 0 unspecified atom stereocenters. The first kappa shape index (κ1) is 12.8. The maximum atomic E-state index is 10.3. The number of rotatable bonds is 4. The molecule has 0 aromatic carbocycles. The molecule has 0 saturated carbocycles. The summed E-state index contributed by atoms with van der Waals surface area (Å²) in [5.74, 6) is 4.71. The molecule has 0 aliphatic carbocycles. The van der Waals surface area contributed by atoms with Crippen LogP contribution in [0.3, 0.4) is 0 Å². The highest BCUT2D eigenvalue weighted by Crippen LogP contribution is 1.85.